The SMILES string of the molecule is O=C(O)c1ccc(CC2CCOCC2)c([N+](=O)[O-])c1. The molecule has 0 unspecified atom stereocenters. The fourth-order valence-electron chi connectivity index (χ4n) is 2.30. The number of nitro benzene ring substituents is 1. The van der Waals surface area contributed by atoms with Crippen molar-refractivity contribution < 1.29 is 19.6 Å². The van der Waals surface area contributed by atoms with Crippen molar-refractivity contribution in [1.82, 2.24) is 0 Å². The van der Waals surface area contributed by atoms with Crippen molar-refractivity contribution in [3.05, 3.63) is 39.4 Å². The van der Waals surface area contributed by atoms with Crippen molar-refractivity contribution >= 4 is 11.7 Å². The number of carboxylic acids is 1. The van der Waals surface area contributed by atoms with Gasteiger partial charge in [-0.3, -0.25) is 10.1 Å². The average molecular weight is 265 g/mol. The first-order valence-corrected chi connectivity index (χ1v) is 6.16. The van der Waals surface area contributed by atoms with Gasteiger partial charge in [0.1, 0.15) is 0 Å². The molecule has 0 spiro atoms. The molecule has 19 heavy (non-hydrogen) atoms. The fraction of sp³-hybridized carbons (Fsp3) is 0.462. The largest absolute Gasteiger partial charge is 0.478 e. The van der Waals surface area contributed by atoms with Crippen LogP contribution in [0.3, 0.4) is 0 Å². The average Bonchev–Trinajstić information content (AvgIpc) is 2.39. The minimum Gasteiger partial charge on any atom is -0.478 e. The van der Waals surface area contributed by atoms with Crippen molar-refractivity contribution in [3.8, 4) is 0 Å². The molecule has 0 amide bonds. The molecule has 6 heteroatoms. The highest BCUT2D eigenvalue weighted by Crippen LogP contribution is 2.27. The summed E-state index contributed by atoms with van der Waals surface area (Å²) in [6.07, 6.45) is 2.37. The molecule has 1 fully saturated rings. The van der Waals surface area contributed by atoms with Gasteiger partial charge in [0, 0.05) is 24.8 Å². The van der Waals surface area contributed by atoms with Crippen LogP contribution in [0, 0.1) is 16.0 Å². The lowest BCUT2D eigenvalue weighted by Crippen LogP contribution is -2.18. The van der Waals surface area contributed by atoms with Gasteiger partial charge in [-0.2, -0.15) is 0 Å². The maximum Gasteiger partial charge on any atom is 0.335 e. The van der Waals surface area contributed by atoms with E-state index in [1.807, 2.05) is 0 Å². The molecule has 1 aliphatic rings. The van der Waals surface area contributed by atoms with Gasteiger partial charge < -0.3 is 9.84 Å². The summed E-state index contributed by atoms with van der Waals surface area (Å²) in [7, 11) is 0. The summed E-state index contributed by atoms with van der Waals surface area (Å²) in [5.41, 5.74) is 0.440. The maximum absolute atomic E-state index is 11.0. The van der Waals surface area contributed by atoms with Gasteiger partial charge >= 0.3 is 5.97 Å². The number of benzene rings is 1. The van der Waals surface area contributed by atoms with Crippen LogP contribution in [-0.2, 0) is 11.2 Å². The summed E-state index contributed by atoms with van der Waals surface area (Å²) in [5, 5.41) is 19.9. The Kier molecular flexibility index (Phi) is 4.11. The first-order valence-electron chi connectivity index (χ1n) is 6.16. The molecular formula is C13H15NO5. The quantitative estimate of drug-likeness (QED) is 0.666. The molecule has 1 aliphatic heterocycles. The van der Waals surface area contributed by atoms with Gasteiger partial charge in [0.2, 0.25) is 0 Å². The minimum atomic E-state index is -1.15. The predicted molar refractivity (Wildman–Crippen MR) is 67.3 cm³/mol. The Morgan fingerprint density at radius 1 is 1.42 bits per heavy atom. The summed E-state index contributed by atoms with van der Waals surface area (Å²) in [6.45, 7) is 1.37. The summed E-state index contributed by atoms with van der Waals surface area (Å²) in [4.78, 5) is 21.4. The monoisotopic (exact) mass is 265 g/mol. The summed E-state index contributed by atoms with van der Waals surface area (Å²) >= 11 is 0. The van der Waals surface area contributed by atoms with Crippen LogP contribution in [0.15, 0.2) is 18.2 Å². The molecule has 102 valence electrons. The number of nitrogens with zero attached hydrogens (tertiary/aromatic N) is 1. The third-order valence-corrected chi connectivity index (χ3v) is 3.38. The molecule has 0 aliphatic carbocycles. The molecule has 1 saturated heterocycles. The Bertz CT molecular complexity index is 494. The highest BCUT2D eigenvalue weighted by molar-refractivity contribution is 5.88. The van der Waals surface area contributed by atoms with Crippen LogP contribution < -0.4 is 0 Å². The number of hydrogen-bond acceptors (Lipinski definition) is 4. The number of nitro groups is 1. The molecule has 0 atom stereocenters. The van der Waals surface area contributed by atoms with Crippen LogP contribution in [-0.4, -0.2) is 29.2 Å². The Hall–Kier alpha value is -1.95. The molecule has 0 aromatic heterocycles. The van der Waals surface area contributed by atoms with Crippen LogP contribution in [0.4, 0.5) is 5.69 Å². The van der Waals surface area contributed by atoms with Gasteiger partial charge in [0.25, 0.3) is 5.69 Å². The highest BCUT2D eigenvalue weighted by atomic mass is 16.6. The number of hydrogen-bond donors (Lipinski definition) is 1. The van der Waals surface area contributed by atoms with Gasteiger partial charge in [0.15, 0.2) is 0 Å². The molecule has 0 bridgehead atoms. The van der Waals surface area contributed by atoms with E-state index in [2.05, 4.69) is 0 Å². The second-order valence-electron chi connectivity index (χ2n) is 4.67. The predicted octanol–water partition coefficient (Wildman–Crippen LogP) is 2.26. The van der Waals surface area contributed by atoms with E-state index >= 15 is 0 Å². The van der Waals surface area contributed by atoms with E-state index in [0.717, 1.165) is 18.9 Å². The molecule has 1 heterocycles. The normalized spacial score (nSPS) is 16.2. The Balaban J connectivity index is 2.23. The van der Waals surface area contributed by atoms with Gasteiger partial charge in [-0.1, -0.05) is 6.07 Å². The van der Waals surface area contributed by atoms with Crippen molar-refractivity contribution in [2.24, 2.45) is 5.92 Å². The molecule has 1 N–H and O–H groups in total. The lowest BCUT2D eigenvalue weighted by atomic mass is 9.91. The van der Waals surface area contributed by atoms with Gasteiger partial charge in [-0.25, -0.2) is 4.79 Å². The van der Waals surface area contributed by atoms with Crippen LogP contribution in [0.1, 0.15) is 28.8 Å². The maximum atomic E-state index is 11.0. The second-order valence-corrected chi connectivity index (χ2v) is 4.67. The van der Waals surface area contributed by atoms with E-state index in [9.17, 15) is 14.9 Å². The van der Waals surface area contributed by atoms with E-state index in [-0.39, 0.29) is 11.3 Å². The van der Waals surface area contributed by atoms with Gasteiger partial charge in [-0.05, 0) is 31.2 Å². The van der Waals surface area contributed by atoms with Gasteiger partial charge in [0.05, 0.1) is 10.5 Å². The molecule has 1 aromatic carbocycles. The van der Waals surface area contributed by atoms with Crippen molar-refractivity contribution in [2.75, 3.05) is 13.2 Å². The number of ether oxygens (including phenoxy) is 1. The van der Waals surface area contributed by atoms with Crippen LogP contribution in [0.25, 0.3) is 0 Å². The number of aromatic carboxylic acids is 1. The summed E-state index contributed by atoms with van der Waals surface area (Å²) in [5.74, 6) is -0.788. The van der Waals surface area contributed by atoms with Crippen LogP contribution in [0.2, 0.25) is 0 Å². The fourth-order valence-corrected chi connectivity index (χ4v) is 2.30. The van der Waals surface area contributed by atoms with Crippen LogP contribution >= 0.6 is 0 Å². The molecule has 2 rings (SSSR count). The molecule has 6 nitrogen and oxygen atoms in total. The van der Waals surface area contributed by atoms with E-state index in [1.165, 1.54) is 6.07 Å². The van der Waals surface area contributed by atoms with Crippen molar-refractivity contribution in [2.45, 2.75) is 19.3 Å². The third kappa shape index (κ3) is 3.29. The standard InChI is InChI=1S/C13H15NO5/c15-13(16)11-2-1-10(12(8-11)14(17)18)7-9-3-5-19-6-4-9/h1-2,8-9H,3-7H2,(H,15,16). The zero-order chi connectivity index (χ0) is 13.8. The number of rotatable bonds is 4. The minimum absolute atomic E-state index is 0.0533. The smallest absolute Gasteiger partial charge is 0.335 e. The number of carboxylic acid groups (broad SMARTS) is 1. The van der Waals surface area contributed by atoms with E-state index < -0.39 is 10.9 Å². The zero-order valence-electron chi connectivity index (χ0n) is 10.4. The Morgan fingerprint density at radius 2 is 2.11 bits per heavy atom. The second kappa shape index (κ2) is 5.79. The van der Waals surface area contributed by atoms with Gasteiger partial charge in [-0.15, -0.1) is 0 Å². The third-order valence-electron chi connectivity index (χ3n) is 3.38. The Labute approximate surface area is 110 Å². The van der Waals surface area contributed by atoms with E-state index in [0.29, 0.717) is 31.1 Å². The lowest BCUT2D eigenvalue weighted by Gasteiger charge is -2.21. The number of carbonyl (C=O) groups is 1. The zero-order valence-corrected chi connectivity index (χ0v) is 10.4. The lowest BCUT2D eigenvalue weighted by molar-refractivity contribution is -0.385. The van der Waals surface area contributed by atoms with E-state index in [4.69, 9.17) is 9.84 Å². The molecule has 0 radical (unpaired) electrons. The van der Waals surface area contributed by atoms with E-state index in [1.54, 1.807) is 6.07 Å². The Morgan fingerprint density at radius 3 is 2.68 bits per heavy atom. The molecule has 1 aromatic rings. The van der Waals surface area contributed by atoms with Crippen LogP contribution in [0.5, 0.6) is 0 Å². The summed E-state index contributed by atoms with van der Waals surface area (Å²) in [6, 6.07) is 4.11. The molecular weight excluding hydrogens is 250 g/mol. The first-order chi connectivity index (χ1) is 9.08. The molecule has 0 saturated carbocycles. The van der Waals surface area contributed by atoms with Crippen molar-refractivity contribution in [3.63, 3.8) is 0 Å². The topological polar surface area (TPSA) is 89.7 Å². The summed E-state index contributed by atoms with van der Waals surface area (Å²) < 4.78 is 5.25. The van der Waals surface area contributed by atoms with Crippen molar-refractivity contribution in [1.29, 1.82) is 0 Å². The highest BCUT2D eigenvalue weighted by Gasteiger charge is 2.21. The first kappa shape index (κ1) is 13.5.